The Balaban J connectivity index is 2.15. The van der Waals surface area contributed by atoms with Crippen molar-refractivity contribution in [1.82, 2.24) is 5.32 Å². The van der Waals surface area contributed by atoms with E-state index in [2.05, 4.69) is 21.2 Å². The van der Waals surface area contributed by atoms with Crippen LogP contribution in [0.15, 0.2) is 21.2 Å². The average Bonchev–Trinajstić information content (AvgIpc) is 2.83. The Labute approximate surface area is 117 Å². The Morgan fingerprint density at radius 2 is 2.11 bits per heavy atom. The van der Waals surface area contributed by atoms with Gasteiger partial charge in [-0.05, 0) is 47.8 Å². The number of halogens is 1. The van der Waals surface area contributed by atoms with E-state index in [9.17, 15) is 0 Å². The summed E-state index contributed by atoms with van der Waals surface area (Å²) in [5, 5.41) is 3.34. The van der Waals surface area contributed by atoms with E-state index in [0.29, 0.717) is 5.92 Å². The quantitative estimate of drug-likeness (QED) is 0.895. The van der Waals surface area contributed by atoms with Gasteiger partial charge in [0.15, 0.2) is 0 Å². The Bertz CT molecular complexity index is 360. The normalized spacial score (nSPS) is 20.8. The third-order valence-corrected chi connectivity index (χ3v) is 4.61. The van der Waals surface area contributed by atoms with E-state index in [1.54, 1.807) is 13.4 Å². The molecule has 0 bridgehead atoms. The number of furan rings is 1. The Hall–Kier alpha value is -0.320. The first-order valence-corrected chi connectivity index (χ1v) is 7.50. The first-order chi connectivity index (χ1) is 8.77. The highest BCUT2D eigenvalue weighted by Crippen LogP contribution is 2.36. The van der Waals surface area contributed by atoms with Crippen LogP contribution in [0.2, 0.25) is 0 Å². The minimum absolute atomic E-state index is 0.113. The van der Waals surface area contributed by atoms with Gasteiger partial charge in [-0.15, -0.1) is 0 Å². The Morgan fingerprint density at radius 3 is 2.61 bits per heavy atom. The predicted octanol–water partition coefficient (Wildman–Crippen LogP) is 3.90. The third kappa shape index (κ3) is 2.98. The van der Waals surface area contributed by atoms with Crippen LogP contribution in [0.4, 0.5) is 0 Å². The molecule has 1 aliphatic carbocycles. The molecule has 1 aromatic heterocycles. The fraction of sp³-hybridized carbons (Fsp3) is 0.714. The molecule has 1 saturated carbocycles. The van der Waals surface area contributed by atoms with Crippen LogP contribution in [0.3, 0.4) is 0 Å². The lowest BCUT2D eigenvalue weighted by Gasteiger charge is -2.34. The second-order valence-corrected chi connectivity index (χ2v) is 5.85. The van der Waals surface area contributed by atoms with Crippen molar-refractivity contribution >= 4 is 15.9 Å². The van der Waals surface area contributed by atoms with E-state index >= 15 is 0 Å². The second-order valence-electron chi connectivity index (χ2n) is 5.00. The molecule has 18 heavy (non-hydrogen) atoms. The topological polar surface area (TPSA) is 34.4 Å². The van der Waals surface area contributed by atoms with Gasteiger partial charge in [-0.25, -0.2) is 0 Å². The number of hydrogen-bond acceptors (Lipinski definition) is 3. The summed E-state index contributed by atoms with van der Waals surface area (Å²) in [6, 6.07) is 2.05. The van der Waals surface area contributed by atoms with Gasteiger partial charge in [-0.2, -0.15) is 0 Å². The number of ether oxygens (including phenoxy) is 1. The number of hydrogen-bond donors (Lipinski definition) is 1. The first-order valence-electron chi connectivity index (χ1n) is 6.71. The van der Waals surface area contributed by atoms with Gasteiger partial charge in [0.2, 0.25) is 0 Å². The van der Waals surface area contributed by atoms with E-state index in [1.165, 1.54) is 32.1 Å². The summed E-state index contributed by atoms with van der Waals surface area (Å²) in [6.45, 7) is 0. The molecule has 102 valence electrons. The summed E-state index contributed by atoms with van der Waals surface area (Å²) in [5.74, 6) is 1.56. The van der Waals surface area contributed by atoms with Gasteiger partial charge in [0, 0.05) is 7.11 Å². The summed E-state index contributed by atoms with van der Waals surface area (Å²) in [7, 11) is 3.77. The number of methoxy groups -OCH3 is 1. The maximum absolute atomic E-state index is 5.78. The van der Waals surface area contributed by atoms with Crippen LogP contribution < -0.4 is 5.32 Å². The number of nitrogens with one attached hydrogen (secondary N) is 1. The highest BCUT2D eigenvalue weighted by Gasteiger charge is 2.33. The minimum Gasteiger partial charge on any atom is -0.466 e. The van der Waals surface area contributed by atoms with Gasteiger partial charge < -0.3 is 14.5 Å². The maximum atomic E-state index is 5.78. The molecule has 0 aromatic carbocycles. The van der Waals surface area contributed by atoms with Gasteiger partial charge in [0.25, 0.3) is 0 Å². The molecule has 0 spiro atoms. The lowest BCUT2D eigenvalue weighted by Crippen LogP contribution is -2.37. The molecule has 1 heterocycles. The van der Waals surface area contributed by atoms with Gasteiger partial charge in [-0.1, -0.05) is 19.3 Å². The Kier molecular flexibility index (Phi) is 5.27. The highest BCUT2D eigenvalue weighted by molar-refractivity contribution is 9.10. The smallest absolute Gasteiger partial charge is 0.137 e. The fourth-order valence-electron chi connectivity index (χ4n) is 3.04. The third-order valence-electron chi connectivity index (χ3n) is 3.95. The molecular formula is C14H22BrNO2. The fourth-order valence-corrected chi connectivity index (χ4v) is 3.48. The van der Waals surface area contributed by atoms with E-state index in [-0.39, 0.29) is 12.1 Å². The number of likely N-dealkylation sites (N-methyl/N-ethyl adjacent to an activating group) is 1. The molecule has 4 heteroatoms. The average molecular weight is 316 g/mol. The van der Waals surface area contributed by atoms with Gasteiger partial charge in [0.05, 0.1) is 22.9 Å². The molecule has 2 rings (SSSR count). The lowest BCUT2D eigenvalue weighted by atomic mass is 9.82. The zero-order valence-electron chi connectivity index (χ0n) is 11.1. The second kappa shape index (κ2) is 6.73. The van der Waals surface area contributed by atoms with Crippen LogP contribution in [0, 0.1) is 5.92 Å². The van der Waals surface area contributed by atoms with Crippen LogP contribution >= 0.6 is 15.9 Å². The van der Waals surface area contributed by atoms with Crippen LogP contribution in [0.1, 0.15) is 43.9 Å². The van der Waals surface area contributed by atoms with Gasteiger partial charge in [0.1, 0.15) is 5.76 Å². The maximum Gasteiger partial charge on any atom is 0.137 e. The van der Waals surface area contributed by atoms with Crippen molar-refractivity contribution in [2.24, 2.45) is 5.92 Å². The van der Waals surface area contributed by atoms with Crippen molar-refractivity contribution in [3.8, 4) is 0 Å². The van der Waals surface area contributed by atoms with Gasteiger partial charge >= 0.3 is 0 Å². The molecule has 0 saturated heterocycles. The van der Waals surface area contributed by atoms with Crippen molar-refractivity contribution in [2.75, 3.05) is 14.2 Å². The number of rotatable bonds is 5. The van der Waals surface area contributed by atoms with Crippen LogP contribution in [0.5, 0.6) is 0 Å². The summed E-state index contributed by atoms with van der Waals surface area (Å²) in [6.07, 6.45) is 8.42. The molecule has 1 N–H and O–H groups in total. The van der Waals surface area contributed by atoms with E-state index < -0.39 is 0 Å². The SMILES string of the molecule is CNC(c1occc1Br)C(OC)C1CCCCC1. The van der Waals surface area contributed by atoms with Crippen molar-refractivity contribution in [2.45, 2.75) is 44.2 Å². The summed E-state index contributed by atoms with van der Waals surface area (Å²) in [4.78, 5) is 0. The van der Waals surface area contributed by atoms with Crippen LogP contribution in [0.25, 0.3) is 0 Å². The van der Waals surface area contributed by atoms with Crippen LogP contribution in [-0.2, 0) is 4.74 Å². The van der Waals surface area contributed by atoms with Crippen LogP contribution in [-0.4, -0.2) is 20.3 Å². The molecule has 0 amide bonds. The molecule has 0 aliphatic heterocycles. The zero-order chi connectivity index (χ0) is 13.0. The molecule has 1 fully saturated rings. The summed E-state index contributed by atoms with van der Waals surface area (Å²) < 4.78 is 12.4. The van der Waals surface area contributed by atoms with E-state index in [4.69, 9.17) is 9.15 Å². The van der Waals surface area contributed by atoms with Crippen molar-refractivity contribution < 1.29 is 9.15 Å². The Morgan fingerprint density at radius 1 is 1.39 bits per heavy atom. The summed E-state index contributed by atoms with van der Waals surface area (Å²) >= 11 is 3.54. The summed E-state index contributed by atoms with van der Waals surface area (Å²) in [5.41, 5.74) is 0. The molecule has 1 aliphatic rings. The van der Waals surface area contributed by atoms with Crippen molar-refractivity contribution in [3.63, 3.8) is 0 Å². The van der Waals surface area contributed by atoms with E-state index in [1.807, 2.05) is 13.1 Å². The van der Waals surface area contributed by atoms with Crippen molar-refractivity contribution in [1.29, 1.82) is 0 Å². The molecular weight excluding hydrogens is 294 g/mol. The predicted molar refractivity (Wildman–Crippen MR) is 75.6 cm³/mol. The molecule has 3 nitrogen and oxygen atoms in total. The first kappa shape index (κ1) is 14.1. The minimum atomic E-state index is 0.113. The highest BCUT2D eigenvalue weighted by atomic mass is 79.9. The molecule has 2 atom stereocenters. The zero-order valence-corrected chi connectivity index (χ0v) is 12.7. The molecule has 0 radical (unpaired) electrons. The molecule has 2 unspecified atom stereocenters. The standard InChI is InChI=1S/C14H22BrNO2/c1-16-12(14-11(15)8-9-18-14)13(17-2)10-6-4-3-5-7-10/h8-10,12-13,16H,3-7H2,1-2H3. The van der Waals surface area contributed by atoms with Crippen molar-refractivity contribution in [3.05, 3.63) is 22.6 Å². The monoisotopic (exact) mass is 315 g/mol. The molecule has 1 aromatic rings. The lowest BCUT2D eigenvalue weighted by molar-refractivity contribution is 0.00399. The van der Waals surface area contributed by atoms with E-state index in [0.717, 1.165) is 10.2 Å². The largest absolute Gasteiger partial charge is 0.466 e. The van der Waals surface area contributed by atoms with Gasteiger partial charge in [-0.3, -0.25) is 0 Å².